The molecular formula is C14H20N2O. The van der Waals surface area contributed by atoms with E-state index in [1.54, 1.807) is 0 Å². The summed E-state index contributed by atoms with van der Waals surface area (Å²) in [6.45, 7) is 5.00. The molecule has 1 aliphatic rings. The van der Waals surface area contributed by atoms with Crippen LogP contribution in [0.1, 0.15) is 32.3 Å². The monoisotopic (exact) mass is 232 g/mol. The van der Waals surface area contributed by atoms with E-state index in [-0.39, 0.29) is 11.8 Å². The second-order valence-corrected chi connectivity index (χ2v) is 4.70. The quantitative estimate of drug-likeness (QED) is 0.841. The number of benzene rings is 1. The van der Waals surface area contributed by atoms with Gasteiger partial charge < -0.3 is 10.6 Å². The van der Waals surface area contributed by atoms with Gasteiger partial charge in [-0.15, -0.1) is 0 Å². The number of fused-ring (bicyclic) bond motifs is 1. The summed E-state index contributed by atoms with van der Waals surface area (Å²) in [4.78, 5) is 11.8. The van der Waals surface area contributed by atoms with Crippen molar-refractivity contribution in [1.29, 1.82) is 0 Å². The molecule has 0 radical (unpaired) electrons. The van der Waals surface area contributed by atoms with Gasteiger partial charge in [0.05, 0.1) is 0 Å². The Bertz CT molecular complexity index is 415. The van der Waals surface area contributed by atoms with Crippen LogP contribution in [0.2, 0.25) is 0 Å². The fraction of sp³-hybridized carbons (Fsp3) is 0.500. The molecule has 17 heavy (non-hydrogen) atoms. The number of aryl methyl sites for hydroxylation is 1. The number of rotatable bonds is 3. The van der Waals surface area contributed by atoms with Crippen molar-refractivity contribution in [3.63, 3.8) is 0 Å². The number of hydrogen-bond donors (Lipinski definition) is 2. The van der Waals surface area contributed by atoms with Crippen molar-refractivity contribution >= 4 is 17.3 Å². The van der Waals surface area contributed by atoms with Gasteiger partial charge in [0.2, 0.25) is 5.91 Å². The fourth-order valence-corrected chi connectivity index (χ4v) is 1.99. The average Bonchev–Trinajstić information content (AvgIpc) is 2.37. The largest absolute Gasteiger partial charge is 0.385 e. The number of amides is 1. The highest BCUT2D eigenvalue weighted by Crippen LogP contribution is 2.25. The van der Waals surface area contributed by atoms with E-state index in [4.69, 9.17) is 0 Å². The van der Waals surface area contributed by atoms with Crippen LogP contribution >= 0.6 is 0 Å². The lowest BCUT2D eigenvalue weighted by Gasteiger charge is -2.19. The first-order valence-corrected chi connectivity index (χ1v) is 6.38. The molecule has 0 spiro atoms. The Balaban J connectivity index is 2.09. The molecule has 1 amide bonds. The third-order valence-electron chi connectivity index (χ3n) is 3.38. The van der Waals surface area contributed by atoms with E-state index < -0.39 is 0 Å². The number of nitrogens with one attached hydrogen (secondary N) is 2. The predicted octanol–water partition coefficient (Wildman–Crippen LogP) is 3.03. The Morgan fingerprint density at radius 3 is 3.12 bits per heavy atom. The predicted molar refractivity (Wildman–Crippen MR) is 71.3 cm³/mol. The number of hydrogen-bond acceptors (Lipinski definition) is 2. The summed E-state index contributed by atoms with van der Waals surface area (Å²) in [6.07, 6.45) is 3.18. The lowest BCUT2D eigenvalue weighted by Crippen LogP contribution is -2.20. The smallest absolute Gasteiger partial charge is 0.227 e. The van der Waals surface area contributed by atoms with E-state index in [9.17, 15) is 4.79 Å². The SMILES string of the molecule is CC[C@@H](C)C(=O)Nc1ccc2c(c1)NCCC2. The van der Waals surface area contributed by atoms with Crippen molar-refractivity contribution in [1.82, 2.24) is 0 Å². The molecule has 1 atom stereocenters. The summed E-state index contributed by atoms with van der Waals surface area (Å²) in [5.74, 6) is 0.169. The first-order chi connectivity index (χ1) is 8.20. The normalized spacial score (nSPS) is 15.6. The summed E-state index contributed by atoms with van der Waals surface area (Å²) in [6, 6.07) is 6.13. The van der Waals surface area contributed by atoms with Crippen molar-refractivity contribution in [2.24, 2.45) is 5.92 Å². The number of anilines is 2. The maximum Gasteiger partial charge on any atom is 0.227 e. The van der Waals surface area contributed by atoms with Gasteiger partial charge in [0.15, 0.2) is 0 Å². The zero-order chi connectivity index (χ0) is 12.3. The Morgan fingerprint density at radius 1 is 1.53 bits per heavy atom. The molecule has 0 bridgehead atoms. The summed E-state index contributed by atoms with van der Waals surface area (Å²) in [7, 11) is 0. The Morgan fingerprint density at radius 2 is 2.35 bits per heavy atom. The molecule has 1 aliphatic heterocycles. The van der Waals surface area contributed by atoms with Crippen molar-refractivity contribution in [2.75, 3.05) is 17.2 Å². The first-order valence-electron chi connectivity index (χ1n) is 6.38. The van der Waals surface area contributed by atoms with Gasteiger partial charge in [-0.3, -0.25) is 4.79 Å². The summed E-state index contributed by atoms with van der Waals surface area (Å²) in [5, 5.41) is 6.33. The summed E-state index contributed by atoms with van der Waals surface area (Å²) >= 11 is 0. The van der Waals surface area contributed by atoms with E-state index in [2.05, 4.69) is 16.7 Å². The summed E-state index contributed by atoms with van der Waals surface area (Å²) < 4.78 is 0. The Kier molecular flexibility index (Phi) is 3.67. The minimum absolute atomic E-state index is 0.0685. The average molecular weight is 232 g/mol. The van der Waals surface area contributed by atoms with Gasteiger partial charge in [-0.25, -0.2) is 0 Å². The zero-order valence-corrected chi connectivity index (χ0v) is 10.5. The van der Waals surface area contributed by atoms with Crippen LogP contribution in [0.5, 0.6) is 0 Å². The van der Waals surface area contributed by atoms with Crippen molar-refractivity contribution in [3.05, 3.63) is 23.8 Å². The molecule has 0 aliphatic carbocycles. The lowest BCUT2D eigenvalue weighted by molar-refractivity contribution is -0.119. The molecular weight excluding hydrogens is 212 g/mol. The van der Waals surface area contributed by atoms with Crippen LogP contribution in [0, 0.1) is 5.92 Å². The maximum absolute atomic E-state index is 11.8. The zero-order valence-electron chi connectivity index (χ0n) is 10.5. The standard InChI is InChI=1S/C14H20N2O/c1-3-10(2)14(17)16-12-7-6-11-5-4-8-15-13(11)9-12/h6-7,9-10,15H,3-5,8H2,1-2H3,(H,16,17)/t10-/m1/s1. The fourth-order valence-electron chi connectivity index (χ4n) is 1.99. The third kappa shape index (κ3) is 2.78. The van der Waals surface area contributed by atoms with E-state index in [0.717, 1.165) is 25.1 Å². The van der Waals surface area contributed by atoms with E-state index in [1.807, 2.05) is 26.0 Å². The molecule has 0 unspecified atom stereocenters. The van der Waals surface area contributed by atoms with Gasteiger partial charge in [-0.05, 0) is 37.0 Å². The molecule has 3 nitrogen and oxygen atoms in total. The molecule has 0 aromatic heterocycles. The number of carbonyl (C=O) groups is 1. The van der Waals surface area contributed by atoms with Gasteiger partial charge in [0, 0.05) is 23.8 Å². The van der Waals surface area contributed by atoms with Crippen molar-refractivity contribution < 1.29 is 4.79 Å². The van der Waals surface area contributed by atoms with Gasteiger partial charge in [0.25, 0.3) is 0 Å². The van der Waals surface area contributed by atoms with Crippen molar-refractivity contribution in [2.45, 2.75) is 33.1 Å². The van der Waals surface area contributed by atoms with Gasteiger partial charge in [-0.2, -0.15) is 0 Å². The van der Waals surface area contributed by atoms with E-state index in [0.29, 0.717) is 0 Å². The van der Waals surface area contributed by atoms with Crippen LogP contribution in [0.15, 0.2) is 18.2 Å². The lowest BCUT2D eigenvalue weighted by atomic mass is 10.0. The number of carbonyl (C=O) groups excluding carboxylic acids is 1. The van der Waals surface area contributed by atoms with Crippen LogP contribution in [-0.4, -0.2) is 12.5 Å². The van der Waals surface area contributed by atoms with Crippen LogP contribution in [0.25, 0.3) is 0 Å². The highest BCUT2D eigenvalue weighted by atomic mass is 16.1. The van der Waals surface area contributed by atoms with Crippen LogP contribution in [0.4, 0.5) is 11.4 Å². The molecule has 1 heterocycles. The second kappa shape index (κ2) is 5.21. The molecule has 92 valence electrons. The topological polar surface area (TPSA) is 41.1 Å². The van der Waals surface area contributed by atoms with E-state index in [1.165, 1.54) is 17.7 Å². The molecule has 2 rings (SSSR count). The molecule has 0 saturated heterocycles. The van der Waals surface area contributed by atoms with E-state index >= 15 is 0 Å². The van der Waals surface area contributed by atoms with Crippen LogP contribution < -0.4 is 10.6 Å². The molecule has 2 N–H and O–H groups in total. The minimum atomic E-state index is 0.0685. The molecule has 1 aromatic carbocycles. The minimum Gasteiger partial charge on any atom is -0.385 e. The highest BCUT2D eigenvalue weighted by molar-refractivity contribution is 5.92. The van der Waals surface area contributed by atoms with Gasteiger partial charge >= 0.3 is 0 Å². The van der Waals surface area contributed by atoms with Crippen LogP contribution in [-0.2, 0) is 11.2 Å². The van der Waals surface area contributed by atoms with Gasteiger partial charge in [-0.1, -0.05) is 19.9 Å². The van der Waals surface area contributed by atoms with Crippen molar-refractivity contribution in [3.8, 4) is 0 Å². The molecule has 3 heteroatoms. The summed E-state index contributed by atoms with van der Waals surface area (Å²) in [5.41, 5.74) is 3.40. The second-order valence-electron chi connectivity index (χ2n) is 4.70. The molecule has 0 saturated carbocycles. The Hall–Kier alpha value is -1.51. The molecule has 0 fully saturated rings. The first kappa shape index (κ1) is 12.0. The Labute approximate surface area is 103 Å². The van der Waals surface area contributed by atoms with Crippen LogP contribution in [0.3, 0.4) is 0 Å². The highest BCUT2D eigenvalue weighted by Gasteiger charge is 2.13. The van der Waals surface area contributed by atoms with Gasteiger partial charge in [0.1, 0.15) is 0 Å². The third-order valence-corrected chi connectivity index (χ3v) is 3.38. The maximum atomic E-state index is 11.8. The molecule has 1 aromatic rings.